The van der Waals surface area contributed by atoms with Gasteiger partial charge in [0.25, 0.3) is 5.91 Å². The maximum Gasteiger partial charge on any atom is 0.259 e. The largest absolute Gasteiger partial charge is 0.494 e. The molecule has 0 bridgehead atoms. The minimum atomic E-state index is -0.355. The summed E-state index contributed by atoms with van der Waals surface area (Å²) in [6.07, 6.45) is 3.66. The van der Waals surface area contributed by atoms with Crippen molar-refractivity contribution in [3.05, 3.63) is 45.9 Å². The van der Waals surface area contributed by atoms with Crippen molar-refractivity contribution >= 4 is 34.0 Å². The first-order chi connectivity index (χ1) is 13.5. The molecule has 0 atom stereocenters. The smallest absolute Gasteiger partial charge is 0.259 e. The van der Waals surface area contributed by atoms with E-state index in [0.29, 0.717) is 45.8 Å². The van der Waals surface area contributed by atoms with Crippen LogP contribution in [0.4, 0.5) is 5.13 Å². The molecule has 0 spiro atoms. The van der Waals surface area contributed by atoms with Crippen LogP contribution in [0.2, 0.25) is 5.15 Å². The molecule has 0 saturated heterocycles. The second-order valence-electron chi connectivity index (χ2n) is 5.78. The number of halogens is 1. The normalized spacial score (nSPS) is 10.7. The fourth-order valence-corrected chi connectivity index (χ4v) is 3.39. The van der Waals surface area contributed by atoms with Gasteiger partial charge in [0.05, 0.1) is 25.5 Å². The lowest BCUT2D eigenvalue weighted by atomic mass is 10.0. The predicted octanol–water partition coefficient (Wildman–Crippen LogP) is 3.41. The molecule has 0 unspecified atom stereocenters. The summed E-state index contributed by atoms with van der Waals surface area (Å²) in [6.45, 7) is 2.38. The van der Waals surface area contributed by atoms with Gasteiger partial charge < -0.3 is 9.47 Å². The van der Waals surface area contributed by atoms with Gasteiger partial charge in [-0.1, -0.05) is 22.9 Å². The average Bonchev–Trinajstić information content (AvgIpc) is 3.13. The van der Waals surface area contributed by atoms with E-state index in [1.807, 2.05) is 6.92 Å². The van der Waals surface area contributed by atoms with Crippen LogP contribution in [0.5, 0.6) is 5.75 Å². The number of carbonyl (C=O) groups is 1. The molecule has 0 radical (unpaired) electrons. The number of nitrogens with one attached hydrogen (secondary N) is 1. The number of hydrogen-bond acceptors (Lipinski definition) is 8. The van der Waals surface area contributed by atoms with Crippen LogP contribution in [0.25, 0.3) is 11.1 Å². The molecule has 1 amide bonds. The lowest BCUT2D eigenvalue weighted by Gasteiger charge is -2.13. The highest BCUT2D eigenvalue weighted by Gasteiger charge is 2.19. The van der Waals surface area contributed by atoms with Gasteiger partial charge in [0, 0.05) is 36.5 Å². The highest BCUT2D eigenvalue weighted by Crippen LogP contribution is 2.34. The van der Waals surface area contributed by atoms with Crippen LogP contribution >= 0.6 is 22.9 Å². The van der Waals surface area contributed by atoms with E-state index in [9.17, 15) is 4.79 Å². The van der Waals surface area contributed by atoms with Crippen molar-refractivity contribution in [2.75, 3.05) is 26.1 Å². The van der Waals surface area contributed by atoms with E-state index in [-0.39, 0.29) is 5.91 Å². The number of carbonyl (C=O) groups excluding carboxylic acids is 1. The van der Waals surface area contributed by atoms with Crippen molar-refractivity contribution in [2.24, 2.45) is 0 Å². The molecule has 0 aliphatic heterocycles. The first-order valence-corrected chi connectivity index (χ1v) is 9.50. The molecule has 0 fully saturated rings. The quantitative estimate of drug-likeness (QED) is 0.586. The molecule has 10 heteroatoms. The van der Waals surface area contributed by atoms with Crippen molar-refractivity contribution in [1.29, 1.82) is 0 Å². The number of pyridine rings is 2. The van der Waals surface area contributed by atoms with Crippen LogP contribution in [0.1, 0.15) is 21.1 Å². The number of rotatable bonds is 7. The molecular weight excluding hydrogens is 402 g/mol. The number of anilines is 1. The first-order valence-electron chi connectivity index (χ1n) is 8.31. The van der Waals surface area contributed by atoms with E-state index >= 15 is 0 Å². The monoisotopic (exact) mass is 419 g/mol. The molecule has 3 aromatic heterocycles. The summed E-state index contributed by atoms with van der Waals surface area (Å²) in [5.74, 6) is 0.147. The van der Waals surface area contributed by atoms with Gasteiger partial charge in [0.2, 0.25) is 5.13 Å². The Balaban J connectivity index is 1.93. The zero-order valence-corrected chi connectivity index (χ0v) is 17.1. The van der Waals surface area contributed by atoms with Crippen LogP contribution in [-0.2, 0) is 11.2 Å². The summed E-state index contributed by atoms with van der Waals surface area (Å²) in [5, 5.41) is 12.3. The summed E-state index contributed by atoms with van der Waals surface area (Å²) in [7, 11) is 3.15. The van der Waals surface area contributed by atoms with Gasteiger partial charge in [-0.3, -0.25) is 15.1 Å². The van der Waals surface area contributed by atoms with E-state index in [2.05, 4.69) is 25.5 Å². The fourth-order valence-electron chi connectivity index (χ4n) is 2.51. The molecule has 1 N–H and O–H groups in total. The van der Waals surface area contributed by atoms with Gasteiger partial charge in [-0.25, -0.2) is 4.98 Å². The molecular formula is C18H18ClN5O3S. The Morgan fingerprint density at radius 3 is 2.75 bits per heavy atom. The molecule has 0 aromatic carbocycles. The van der Waals surface area contributed by atoms with Gasteiger partial charge in [-0.2, -0.15) is 0 Å². The standard InChI is InChI=1S/C18H18ClN5O3S/c1-10-6-11(12-7-15(19)21-9-14(12)27-3)13(8-20-10)17(25)22-18-24-23-16(28-18)4-5-26-2/h6-9H,4-5H2,1-3H3,(H,22,24,25). The third-order valence-electron chi connectivity index (χ3n) is 3.84. The molecule has 3 heterocycles. The molecule has 3 aromatic rings. The van der Waals surface area contributed by atoms with Gasteiger partial charge in [-0.15, -0.1) is 10.2 Å². The number of methoxy groups -OCH3 is 2. The van der Waals surface area contributed by atoms with E-state index in [1.165, 1.54) is 30.8 Å². The molecule has 0 saturated carbocycles. The van der Waals surface area contributed by atoms with E-state index in [4.69, 9.17) is 21.1 Å². The summed E-state index contributed by atoms with van der Waals surface area (Å²) in [6, 6.07) is 3.45. The topological polar surface area (TPSA) is 99.1 Å². The lowest BCUT2D eigenvalue weighted by Crippen LogP contribution is -2.14. The van der Waals surface area contributed by atoms with E-state index < -0.39 is 0 Å². The Morgan fingerprint density at radius 1 is 1.18 bits per heavy atom. The van der Waals surface area contributed by atoms with Gasteiger partial charge in [0.15, 0.2) is 0 Å². The van der Waals surface area contributed by atoms with Crippen LogP contribution in [0, 0.1) is 6.92 Å². The maximum absolute atomic E-state index is 12.9. The Bertz CT molecular complexity index is 995. The molecule has 8 nitrogen and oxygen atoms in total. The number of hydrogen-bond donors (Lipinski definition) is 1. The molecule has 0 aliphatic rings. The van der Waals surface area contributed by atoms with Gasteiger partial charge in [-0.05, 0) is 19.1 Å². The van der Waals surface area contributed by atoms with Crippen molar-refractivity contribution in [3.8, 4) is 16.9 Å². The van der Waals surface area contributed by atoms with E-state index in [1.54, 1.807) is 19.2 Å². The predicted molar refractivity (Wildman–Crippen MR) is 107 cm³/mol. The highest BCUT2D eigenvalue weighted by atomic mass is 35.5. The van der Waals surface area contributed by atoms with Crippen LogP contribution in [0.15, 0.2) is 24.5 Å². The first kappa shape index (κ1) is 20.1. The lowest BCUT2D eigenvalue weighted by molar-refractivity contribution is 0.102. The van der Waals surface area contributed by atoms with Gasteiger partial charge in [0.1, 0.15) is 15.9 Å². The van der Waals surface area contributed by atoms with Gasteiger partial charge >= 0.3 is 0 Å². The number of aryl methyl sites for hydroxylation is 1. The number of nitrogens with zero attached hydrogens (tertiary/aromatic N) is 4. The molecule has 28 heavy (non-hydrogen) atoms. The summed E-state index contributed by atoms with van der Waals surface area (Å²) in [4.78, 5) is 21.2. The van der Waals surface area contributed by atoms with Crippen molar-refractivity contribution < 1.29 is 14.3 Å². The number of ether oxygens (including phenoxy) is 2. The Labute approximate surface area is 170 Å². The van der Waals surface area contributed by atoms with Crippen molar-refractivity contribution in [2.45, 2.75) is 13.3 Å². The fraction of sp³-hybridized carbons (Fsp3) is 0.278. The second-order valence-corrected chi connectivity index (χ2v) is 7.23. The van der Waals surface area contributed by atoms with Crippen LogP contribution in [0.3, 0.4) is 0 Å². The third-order valence-corrected chi connectivity index (χ3v) is 4.94. The zero-order chi connectivity index (χ0) is 20.1. The summed E-state index contributed by atoms with van der Waals surface area (Å²) in [5.41, 5.74) is 2.39. The molecule has 0 aliphatic carbocycles. The second kappa shape index (κ2) is 9.05. The number of aromatic nitrogens is 4. The SMILES string of the molecule is COCCc1nnc(NC(=O)c2cnc(C)cc2-c2cc(Cl)ncc2OC)s1. The van der Waals surface area contributed by atoms with Crippen LogP contribution in [-0.4, -0.2) is 46.9 Å². The van der Waals surface area contributed by atoms with Crippen LogP contribution < -0.4 is 10.1 Å². The minimum absolute atomic E-state index is 0.295. The minimum Gasteiger partial charge on any atom is -0.494 e. The summed E-state index contributed by atoms with van der Waals surface area (Å²) < 4.78 is 10.4. The zero-order valence-electron chi connectivity index (χ0n) is 15.5. The Morgan fingerprint density at radius 2 is 2.00 bits per heavy atom. The average molecular weight is 420 g/mol. The summed E-state index contributed by atoms with van der Waals surface area (Å²) >= 11 is 7.36. The highest BCUT2D eigenvalue weighted by molar-refractivity contribution is 7.15. The maximum atomic E-state index is 12.9. The third kappa shape index (κ3) is 4.61. The van der Waals surface area contributed by atoms with E-state index in [0.717, 1.165) is 10.7 Å². The Hall–Kier alpha value is -2.62. The van der Waals surface area contributed by atoms with Crippen molar-refractivity contribution in [1.82, 2.24) is 20.2 Å². The molecule has 3 rings (SSSR count). The van der Waals surface area contributed by atoms with Crippen molar-refractivity contribution in [3.63, 3.8) is 0 Å². The number of amides is 1. The molecule has 146 valence electrons. The Kier molecular flexibility index (Phi) is 6.50.